The first-order valence-electron chi connectivity index (χ1n) is 13.9. The molecular weight excluding hydrogens is 495 g/mol. The average Bonchev–Trinajstić information content (AvgIpc) is 3.38. The number of carbonyl (C=O) groups is 2. The maximum absolute atomic E-state index is 14.6. The molecule has 0 fully saturated rings. The van der Waals surface area contributed by atoms with E-state index < -0.39 is 5.82 Å². The van der Waals surface area contributed by atoms with Gasteiger partial charge in [0.1, 0.15) is 11.5 Å². The third-order valence-corrected chi connectivity index (χ3v) is 6.89. The highest BCUT2D eigenvalue weighted by Gasteiger charge is 2.26. The Morgan fingerprint density at radius 3 is 2.51 bits per heavy atom. The number of rotatable bonds is 6. The molecular formula is C30H39FN6O2. The molecule has 0 spiro atoms. The number of carbonyl (C=O) groups excluding carboxylic acids is 2. The average molecular weight is 535 g/mol. The van der Waals surface area contributed by atoms with Gasteiger partial charge in [0.25, 0.3) is 11.8 Å². The van der Waals surface area contributed by atoms with Gasteiger partial charge in [0, 0.05) is 57.0 Å². The number of halogens is 1. The summed E-state index contributed by atoms with van der Waals surface area (Å²) in [5.74, 6) is -0.242. The van der Waals surface area contributed by atoms with Gasteiger partial charge in [-0.1, -0.05) is 20.8 Å². The van der Waals surface area contributed by atoms with Crippen molar-refractivity contribution in [3.63, 3.8) is 0 Å². The summed E-state index contributed by atoms with van der Waals surface area (Å²) in [6, 6.07) is 9.69. The lowest BCUT2D eigenvalue weighted by atomic mass is 10.1. The highest BCUT2D eigenvalue weighted by Crippen LogP contribution is 2.27. The van der Waals surface area contributed by atoms with E-state index in [0.717, 1.165) is 38.9 Å². The number of benzene rings is 1. The van der Waals surface area contributed by atoms with Crippen molar-refractivity contribution in [2.75, 3.05) is 37.6 Å². The number of fused-ring (bicyclic) bond motifs is 1. The van der Waals surface area contributed by atoms with Gasteiger partial charge in [-0.05, 0) is 80.2 Å². The summed E-state index contributed by atoms with van der Waals surface area (Å²) < 4.78 is 16.3. The summed E-state index contributed by atoms with van der Waals surface area (Å²) in [7, 11) is 0. The fourth-order valence-electron chi connectivity index (χ4n) is 5.19. The maximum atomic E-state index is 14.6. The molecule has 0 bridgehead atoms. The number of amides is 2. The first-order chi connectivity index (χ1) is 18.9. The lowest BCUT2D eigenvalue weighted by Gasteiger charge is -2.32. The smallest absolute Gasteiger partial charge is 0.272 e. The fourth-order valence-corrected chi connectivity index (χ4v) is 5.19. The van der Waals surface area contributed by atoms with Crippen molar-refractivity contribution in [2.24, 2.45) is 5.92 Å². The van der Waals surface area contributed by atoms with Gasteiger partial charge in [-0.15, -0.1) is 0 Å². The summed E-state index contributed by atoms with van der Waals surface area (Å²) in [6.45, 7) is 10.8. The van der Waals surface area contributed by atoms with Crippen LogP contribution in [-0.4, -0.2) is 69.1 Å². The van der Waals surface area contributed by atoms with E-state index in [1.54, 1.807) is 57.3 Å². The quantitative estimate of drug-likeness (QED) is 0.451. The molecule has 2 amide bonds. The van der Waals surface area contributed by atoms with Crippen molar-refractivity contribution in [2.45, 2.75) is 53.1 Å². The van der Waals surface area contributed by atoms with Crippen LogP contribution in [-0.2, 0) is 13.1 Å². The molecule has 2 aromatic heterocycles. The number of nitrogens with zero attached hydrogens (tertiary/aromatic N) is 6. The molecule has 1 aliphatic heterocycles. The largest absolute Gasteiger partial charge is 0.333 e. The lowest BCUT2D eigenvalue weighted by molar-refractivity contribution is 0.0720. The van der Waals surface area contributed by atoms with Crippen LogP contribution in [0, 0.1) is 11.7 Å². The molecule has 208 valence electrons. The van der Waals surface area contributed by atoms with Crippen LogP contribution in [0.15, 0.2) is 55.0 Å². The molecule has 0 radical (unpaired) electrons. The predicted molar refractivity (Wildman–Crippen MR) is 150 cm³/mol. The minimum absolute atomic E-state index is 0.145. The van der Waals surface area contributed by atoms with Gasteiger partial charge >= 0.3 is 0 Å². The van der Waals surface area contributed by atoms with E-state index in [-0.39, 0.29) is 18.4 Å². The second-order valence-electron chi connectivity index (χ2n) is 10.5. The molecule has 1 aromatic carbocycles. The molecule has 9 heteroatoms. The van der Waals surface area contributed by atoms with Crippen molar-refractivity contribution >= 4 is 17.5 Å². The highest BCUT2D eigenvalue weighted by molar-refractivity contribution is 6.06. The third kappa shape index (κ3) is 7.29. The van der Waals surface area contributed by atoms with Gasteiger partial charge in [0.15, 0.2) is 0 Å². The number of aryl methyl sites for hydroxylation is 1. The highest BCUT2D eigenvalue weighted by atomic mass is 19.1. The molecule has 0 aliphatic carbocycles. The van der Waals surface area contributed by atoms with Crippen molar-refractivity contribution < 1.29 is 14.0 Å². The summed E-state index contributed by atoms with van der Waals surface area (Å²) in [6.07, 6.45) is 7.25. The molecule has 0 atom stereocenters. The van der Waals surface area contributed by atoms with E-state index in [4.69, 9.17) is 0 Å². The van der Waals surface area contributed by atoms with E-state index >= 15 is 0 Å². The summed E-state index contributed by atoms with van der Waals surface area (Å²) in [5.41, 5.74) is 2.20. The molecule has 0 N–H and O–H groups in total. The summed E-state index contributed by atoms with van der Waals surface area (Å²) in [5, 5.41) is 4.34. The Morgan fingerprint density at radius 1 is 1.00 bits per heavy atom. The van der Waals surface area contributed by atoms with Crippen LogP contribution >= 0.6 is 0 Å². The van der Waals surface area contributed by atoms with Gasteiger partial charge in [-0.3, -0.25) is 19.3 Å². The molecule has 4 rings (SSSR count). The first kappa shape index (κ1) is 28.4. The Labute approximate surface area is 230 Å². The number of hydrogen-bond donors (Lipinski definition) is 0. The number of anilines is 1. The van der Waals surface area contributed by atoms with Gasteiger partial charge in [-0.2, -0.15) is 5.10 Å². The SMILES string of the molecule is CCCn1nccc1C(=O)N1CCCN(CC(C)C)CCCN(C(=O)c2cccnc2)c2ccc(F)cc2C1. The Hall–Kier alpha value is -3.59. The van der Waals surface area contributed by atoms with E-state index in [9.17, 15) is 14.0 Å². The Bertz CT molecular complexity index is 1250. The Balaban J connectivity index is 1.74. The van der Waals surface area contributed by atoms with Crippen LogP contribution in [0.3, 0.4) is 0 Å². The molecule has 0 saturated heterocycles. The van der Waals surface area contributed by atoms with Crippen LogP contribution in [0.5, 0.6) is 0 Å². The van der Waals surface area contributed by atoms with E-state index in [0.29, 0.717) is 48.1 Å². The monoisotopic (exact) mass is 534 g/mol. The number of aromatic nitrogens is 3. The van der Waals surface area contributed by atoms with Crippen LogP contribution in [0.25, 0.3) is 0 Å². The zero-order valence-electron chi connectivity index (χ0n) is 23.2. The number of hydrogen-bond acceptors (Lipinski definition) is 5. The van der Waals surface area contributed by atoms with E-state index in [1.165, 1.54) is 12.1 Å². The third-order valence-electron chi connectivity index (χ3n) is 6.89. The molecule has 39 heavy (non-hydrogen) atoms. The van der Waals surface area contributed by atoms with Gasteiger partial charge < -0.3 is 14.7 Å². The Morgan fingerprint density at radius 2 is 1.79 bits per heavy atom. The van der Waals surface area contributed by atoms with Gasteiger partial charge in [-0.25, -0.2) is 4.39 Å². The van der Waals surface area contributed by atoms with Crippen LogP contribution in [0.1, 0.15) is 66.4 Å². The van der Waals surface area contributed by atoms with Crippen molar-refractivity contribution in [1.82, 2.24) is 24.6 Å². The molecule has 0 saturated carbocycles. The van der Waals surface area contributed by atoms with Crippen molar-refractivity contribution in [1.29, 1.82) is 0 Å². The minimum Gasteiger partial charge on any atom is -0.333 e. The minimum atomic E-state index is -0.402. The Kier molecular flexibility index (Phi) is 9.81. The van der Waals surface area contributed by atoms with Crippen LogP contribution in [0.4, 0.5) is 10.1 Å². The van der Waals surface area contributed by atoms with Gasteiger partial charge in [0.05, 0.1) is 5.56 Å². The molecule has 0 unspecified atom stereocenters. The molecule has 8 nitrogen and oxygen atoms in total. The number of pyridine rings is 1. The lowest BCUT2D eigenvalue weighted by Crippen LogP contribution is -2.40. The zero-order chi connectivity index (χ0) is 27.8. The normalized spacial score (nSPS) is 15.5. The topological polar surface area (TPSA) is 74.6 Å². The molecule has 3 aromatic rings. The summed E-state index contributed by atoms with van der Waals surface area (Å²) >= 11 is 0. The fraction of sp³-hybridized carbons (Fsp3) is 0.467. The van der Waals surface area contributed by atoms with Crippen molar-refractivity contribution in [3.05, 3.63) is 77.6 Å². The first-order valence-corrected chi connectivity index (χ1v) is 13.9. The van der Waals surface area contributed by atoms with Crippen LogP contribution in [0.2, 0.25) is 0 Å². The predicted octanol–water partition coefficient (Wildman–Crippen LogP) is 4.87. The van der Waals surface area contributed by atoms with Crippen molar-refractivity contribution in [3.8, 4) is 0 Å². The molecule has 3 heterocycles. The maximum Gasteiger partial charge on any atom is 0.272 e. The zero-order valence-corrected chi connectivity index (χ0v) is 23.2. The van der Waals surface area contributed by atoms with Crippen LogP contribution < -0.4 is 4.90 Å². The van der Waals surface area contributed by atoms with E-state index in [1.807, 2.05) is 6.92 Å². The molecule has 1 aliphatic rings. The second kappa shape index (κ2) is 13.5. The second-order valence-corrected chi connectivity index (χ2v) is 10.5. The summed E-state index contributed by atoms with van der Waals surface area (Å²) in [4.78, 5) is 37.6. The van der Waals surface area contributed by atoms with E-state index in [2.05, 4.69) is 28.8 Å². The standard InChI is InChI=1S/C30H39FN6O2/c1-4-14-37-28(11-13-33-37)30(39)35-17-6-15-34(21-23(2)3)16-7-18-36(29(38)24-8-5-12-32-20-24)27-10-9-26(31)19-25(27)22-35/h5,8-13,19-20,23H,4,6-7,14-18,21-22H2,1-3H3. The van der Waals surface area contributed by atoms with Gasteiger partial charge in [0.2, 0.25) is 0 Å².